The van der Waals surface area contributed by atoms with Gasteiger partial charge in [0.2, 0.25) is 5.91 Å². The quantitative estimate of drug-likeness (QED) is 0.911. The SMILES string of the molecule is Cl.N[C@@H]1CCN(C(=O)CCc2ccc(F)cc2)C1. The first kappa shape index (κ1) is 14.9. The summed E-state index contributed by atoms with van der Waals surface area (Å²) in [6, 6.07) is 6.41. The maximum absolute atomic E-state index is 12.7. The van der Waals surface area contributed by atoms with E-state index in [0.29, 0.717) is 19.4 Å². The molecule has 1 saturated heterocycles. The standard InChI is InChI=1S/C13H17FN2O.ClH/c14-11-4-1-10(2-5-11)3-6-13(17)16-8-7-12(15)9-16;/h1-2,4-5,12H,3,6-9,15H2;1H/t12-;/m1./s1. The number of nitrogens with two attached hydrogens (primary N) is 1. The highest BCUT2D eigenvalue weighted by Gasteiger charge is 2.22. The van der Waals surface area contributed by atoms with Crippen molar-refractivity contribution in [2.24, 2.45) is 5.73 Å². The van der Waals surface area contributed by atoms with Gasteiger partial charge in [0.05, 0.1) is 0 Å². The first-order valence-electron chi connectivity index (χ1n) is 5.93. The molecule has 0 aromatic heterocycles. The van der Waals surface area contributed by atoms with Crippen molar-refractivity contribution >= 4 is 18.3 Å². The van der Waals surface area contributed by atoms with Gasteiger partial charge in [-0.05, 0) is 30.5 Å². The Balaban J connectivity index is 0.00000162. The van der Waals surface area contributed by atoms with Gasteiger partial charge in [-0.3, -0.25) is 4.79 Å². The first-order valence-corrected chi connectivity index (χ1v) is 5.93. The summed E-state index contributed by atoms with van der Waals surface area (Å²) in [5.41, 5.74) is 6.74. The molecule has 1 amide bonds. The predicted octanol–water partition coefficient (Wildman–Crippen LogP) is 1.74. The summed E-state index contributed by atoms with van der Waals surface area (Å²) in [7, 11) is 0. The molecule has 3 nitrogen and oxygen atoms in total. The number of carbonyl (C=O) groups is 1. The van der Waals surface area contributed by atoms with E-state index < -0.39 is 0 Å². The van der Waals surface area contributed by atoms with Crippen LogP contribution in [0.1, 0.15) is 18.4 Å². The van der Waals surface area contributed by atoms with Crippen molar-refractivity contribution in [3.8, 4) is 0 Å². The summed E-state index contributed by atoms with van der Waals surface area (Å²) < 4.78 is 12.7. The van der Waals surface area contributed by atoms with Gasteiger partial charge in [-0.1, -0.05) is 12.1 Å². The second-order valence-corrected chi connectivity index (χ2v) is 4.51. The number of carbonyl (C=O) groups excluding carboxylic acids is 1. The monoisotopic (exact) mass is 272 g/mol. The Morgan fingerprint density at radius 3 is 2.61 bits per heavy atom. The van der Waals surface area contributed by atoms with Crippen LogP contribution in [-0.4, -0.2) is 29.9 Å². The topological polar surface area (TPSA) is 46.3 Å². The minimum absolute atomic E-state index is 0. The molecule has 100 valence electrons. The fourth-order valence-corrected chi connectivity index (χ4v) is 2.07. The normalized spacial score (nSPS) is 18.6. The number of nitrogens with zero attached hydrogens (tertiary/aromatic N) is 1. The summed E-state index contributed by atoms with van der Waals surface area (Å²) in [5.74, 6) is -0.104. The van der Waals surface area contributed by atoms with Crippen molar-refractivity contribution in [2.75, 3.05) is 13.1 Å². The molecule has 2 rings (SSSR count). The zero-order valence-corrected chi connectivity index (χ0v) is 11.0. The number of hydrogen-bond donors (Lipinski definition) is 1. The maximum Gasteiger partial charge on any atom is 0.222 e. The van der Waals surface area contributed by atoms with Crippen LogP contribution in [0.3, 0.4) is 0 Å². The molecule has 18 heavy (non-hydrogen) atoms. The minimum Gasteiger partial charge on any atom is -0.341 e. The molecule has 2 N–H and O–H groups in total. The van der Waals surface area contributed by atoms with E-state index in [4.69, 9.17) is 5.73 Å². The van der Waals surface area contributed by atoms with Crippen molar-refractivity contribution in [1.82, 2.24) is 4.90 Å². The van der Waals surface area contributed by atoms with E-state index >= 15 is 0 Å². The summed E-state index contributed by atoms with van der Waals surface area (Å²) in [6.07, 6.45) is 2.02. The van der Waals surface area contributed by atoms with Crippen LogP contribution in [0.2, 0.25) is 0 Å². The number of hydrogen-bond acceptors (Lipinski definition) is 2. The van der Waals surface area contributed by atoms with E-state index in [2.05, 4.69) is 0 Å². The van der Waals surface area contributed by atoms with E-state index in [9.17, 15) is 9.18 Å². The molecule has 0 saturated carbocycles. The molecule has 1 atom stereocenters. The van der Waals surface area contributed by atoms with Gasteiger partial charge < -0.3 is 10.6 Å². The largest absolute Gasteiger partial charge is 0.341 e. The van der Waals surface area contributed by atoms with E-state index in [1.165, 1.54) is 12.1 Å². The zero-order chi connectivity index (χ0) is 12.3. The fraction of sp³-hybridized carbons (Fsp3) is 0.462. The molecule has 0 spiro atoms. The number of aryl methyl sites for hydroxylation is 1. The third kappa shape index (κ3) is 3.96. The molecule has 1 aliphatic rings. The average Bonchev–Trinajstić information content (AvgIpc) is 2.75. The molecule has 1 aromatic rings. The van der Waals surface area contributed by atoms with Crippen LogP contribution in [0.15, 0.2) is 24.3 Å². The molecule has 1 aliphatic heterocycles. The molecule has 0 bridgehead atoms. The number of amides is 1. The summed E-state index contributed by atoms with van der Waals surface area (Å²) in [5, 5.41) is 0. The van der Waals surface area contributed by atoms with Crippen LogP contribution in [0.25, 0.3) is 0 Å². The maximum atomic E-state index is 12.7. The van der Waals surface area contributed by atoms with Gasteiger partial charge in [0.25, 0.3) is 0 Å². The van der Waals surface area contributed by atoms with E-state index in [1.807, 2.05) is 4.90 Å². The van der Waals surface area contributed by atoms with Crippen molar-refractivity contribution in [3.05, 3.63) is 35.6 Å². The molecule has 1 heterocycles. The lowest BCUT2D eigenvalue weighted by Crippen LogP contribution is -2.31. The molecule has 5 heteroatoms. The Morgan fingerprint density at radius 1 is 1.39 bits per heavy atom. The van der Waals surface area contributed by atoms with Gasteiger partial charge in [-0.2, -0.15) is 0 Å². The van der Waals surface area contributed by atoms with Crippen molar-refractivity contribution < 1.29 is 9.18 Å². The third-order valence-electron chi connectivity index (χ3n) is 3.12. The highest BCUT2D eigenvalue weighted by molar-refractivity contribution is 5.85. The number of benzene rings is 1. The predicted molar refractivity (Wildman–Crippen MR) is 71.1 cm³/mol. The Kier molecular flexibility index (Phi) is 5.56. The summed E-state index contributed by atoms with van der Waals surface area (Å²) in [4.78, 5) is 13.6. The number of halogens is 2. The van der Waals surface area contributed by atoms with Crippen molar-refractivity contribution in [1.29, 1.82) is 0 Å². The second-order valence-electron chi connectivity index (χ2n) is 4.51. The molecule has 1 aromatic carbocycles. The van der Waals surface area contributed by atoms with E-state index in [1.54, 1.807) is 12.1 Å². The molecular formula is C13H18ClFN2O. The van der Waals surface area contributed by atoms with Gasteiger partial charge in [0, 0.05) is 25.6 Å². The molecule has 0 unspecified atom stereocenters. The summed E-state index contributed by atoms with van der Waals surface area (Å²) in [6.45, 7) is 1.44. The second kappa shape index (κ2) is 6.71. The minimum atomic E-state index is -0.245. The zero-order valence-electron chi connectivity index (χ0n) is 10.1. The highest BCUT2D eigenvalue weighted by Crippen LogP contribution is 2.11. The molecular weight excluding hydrogens is 255 g/mol. The summed E-state index contributed by atoms with van der Waals surface area (Å²) >= 11 is 0. The Morgan fingerprint density at radius 2 is 2.06 bits per heavy atom. The lowest BCUT2D eigenvalue weighted by Gasteiger charge is -2.15. The van der Waals surface area contributed by atoms with Crippen LogP contribution in [0.4, 0.5) is 4.39 Å². The number of likely N-dealkylation sites (tertiary alicyclic amines) is 1. The van der Waals surface area contributed by atoms with Crippen LogP contribution in [0.5, 0.6) is 0 Å². The van der Waals surface area contributed by atoms with Gasteiger partial charge in [-0.15, -0.1) is 12.4 Å². The van der Waals surface area contributed by atoms with E-state index in [-0.39, 0.29) is 30.2 Å². The van der Waals surface area contributed by atoms with Gasteiger partial charge in [-0.25, -0.2) is 4.39 Å². The smallest absolute Gasteiger partial charge is 0.222 e. The van der Waals surface area contributed by atoms with Crippen LogP contribution >= 0.6 is 12.4 Å². The Bertz CT molecular complexity index is 396. The van der Waals surface area contributed by atoms with Crippen molar-refractivity contribution in [3.63, 3.8) is 0 Å². The van der Waals surface area contributed by atoms with Gasteiger partial charge in [0.15, 0.2) is 0 Å². The average molecular weight is 273 g/mol. The molecule has 0 aliphatic carbocycles. The fourth-order valence-electron chi connectivity index (χ4n) is 2.07. The van der Waals surface area contributed by atoms with Crippen LogP contribution in [0, 0.1) is 5.82 Å². The third-order valence-corrected chi connectivity index (χ3v) is 3.12. The van der Waals surface area contributed by atoms with Crippen LogP contribution in [-0.2, 0) is 11.2 Å². The first-order chi connectivity index (χ1) is 8.15. The molecule has 1 fully saturated rings. The van der Waals surface area contributed by atoms with Gasteiger partial charge in [0.1, 0.15) is 5.82 Å². The lowest BCUT2D eigenvalue weighted by molar-refractivity contribution is -0.130. The molecule has 0 radical (unpaired) electrons. The Hall–Kier alpha value is -1.13. The van der Waals surface area contributed by atoms with Crippen LogP contribution < -0.4 is 5.73 Å². The van der Waals surface area contributed by atoms with Gasteiger partial charge >= 0.3 is 0 Å². The lowest BCUT2D eigenvalue weighted by atomic mass is 10.1. The Labute approximate surface area is 113 Å². The van der Waals surface area contributed by atoms with Crippen molar-refractivity contribution in [2.45, 2.75) is 25.3 Å². The highest BCUT2D eigenvalue weighted by atomic mass is 35.5. The van der Waals surface area contributed by atoms with E-state index in [0.717, 1.165) is 18.5 Å². The number of rotatable bonds is 3.